The third-order valence-electron chi connectivity index (χ3n) is 6.10. The first kappa shape index (κ1) is 27.1. The number of aliphatic carboxylic acids is 1. The van der Waals surface area contributed by atoms with Crippen molar-refractivity contribution in [3.05, 3.63) is 126 Å². The average molecular weight is 575 g/mol. The van der Waals surface area contributed by atoms with Crippen LogP contribution in [0.15, 0.2) is 94.2 Å². The molecule has 1 aromatic heterocycles. The lowest BCUT2D eigenvalue weighted by molar-refractivity contribution is -0.140. The van der Waals surface area contributed by atoms with Gasteiger partial charge in [0.1, 0.15) is 5.75 Å². The molecule has 0 spiro atoms. The highest BCUT2D eigenvalue weighted by molar-refractivity contribution is 7.07. The van der Waals surface area contributed by atoms with Crippen molar-refractivity contribution in [2.75, 3.05) is 13.2 Å². The average Bonchev–Trinajstić information content (AvgIpc) is 3.27. The van der Waals surface area contributed by atoms with E-state index in [-0.39, 0.29) is 17.7 Å². The highest BCUT2D eigenvalue weighted by Crippen LogP contribution is 2.35. The molecule has 0 fully saturated rings. The fraction of sp³-hybridized carbons (Fsp3) is 0.133. The Bertz CT molecular complexity index is 1780. The molecule has 1 N–H and O–H groups in total. The molecule has 0 unspecified atom stereocenters. The normalized spacial score (nSPS) is 14.8. The van der Waals surface area contributed by atoms with E-state index in [0.29, 0.717) is 36.9 Å². The number of aromatic nitrogens is 1. The van der Waals surface area contributed by atoms with Crippen LogP contribution in [-0.2, 0) is 14.3 Å². The second kappa shape index (κ2) is 11.7. The molecule has 0 radical (unpaired) electrons. The monoisotopic (exact) mass is 574 g/mol. The lowest BCUT2D eigenvalue weighted by atomic mass is 9.93. The zero-order chi connectivity index (χ0) is 28.2. The van der Waals surface area contributed by atoms with Crippen molar-refractivity contribution < 1.29 is 24.2 Å². The summed E-state index contributed by atoms with van der Waals surface area (Å²) < 4.78 is 12.6. The van der Waals surface area contributed by atoms with Crippen LogP contribution in [0.2, 0.25) is 5.02 Å². The summed E-state index contributed by atoms with van der Waals surface area (Å²) in [5, 5.41) is 9.34. The molecule has 0 bridgehead atoms. The molecule has 10 heteroatoms. The second-order valence-corrected chi connectivity index (χ2v) is 10.2. The Hall–Kier alpha value is -4.47. The molecule has 0 saturated heterocycles. The minimum Gasteiger partial charge on any atom is -0.482 e. The molecule has 4 aromatic rings. The third-order valence-corrected chi connectivity index (χ3v) is 7.33. The zero-order valence-electron chi connectivity index (χ0n) is 21.2. The van der Waals surface area contributed by atoms with Gasteiger partial charge in [-0.2, -0.15) is 0 Å². The molecule has 5 rings (SSSR count). The van der Waals surface area contributed by atoms with Gasteiger partial charge in [0, 0.05) is 10.6 Å². The van der Waals surface area contributed by atoms with Gasteiger partial charge >= 0.3 is 11.9 Å². The van der Waals surface area contributed by atoms with Crippen LogP contribution < -0.4 is 19.6 Å². The topological polar surface area (TPSA) is 107 Å². The number of nitrogens with zero attached hydrogens (tertiary/aromatic N) is 2. The second-order valence-electron chi connectivity index (χ2n) is 8.73. The van der Waals surface area contributed by atoms with E-state index in [4.69, 9.17) is 31.2 Å². The minimum absolute atomic E-state index is 0.161. The van der Waals surface area contributed by atoms with Gasteiger partial charge in [0.05, 0.1) is 28.5 Å². The van der Waals surface area contributed by atoms with Gasteiger partial charge in [-0.3, -0.25) is 9.36 Å². The Labute approximate surface area is 237 Å². The highest BCUT2D eigenvalue weighted by atomic mass is 35.5. The first-order valence-corrected chi connectivity index (χ1v) is 13.5. The van der Waals surface area contributed by atoms with Crippen LogP contribution in [0, 0.1) is 0 Å². The van der Waals surface area contributed by atoms with Gasteiger partial charge in [-0.1, -0.05) is 77.5 Å². The summed E-state index contributed by atoms with van der Waals surface area (Å²) >= 11 is 7.37. The molecule has 1 aliphatic heterocycles. The van der Waals surface area contributed by atoms with Crippen molar-refractivity contribution in [3.8, 4) is 5.75 Å². The number of hydrogen-bond acceptors (Lipinski definition) is 7. The Morgan fingerprint density at radius 3 is 2.40 bits per heavy atom. The SMILES string of the molecule is CCOC(=O)C1=C(c2ccccc2)N=c2sc(=Cc3ccc(OCC(=O)O)cc3)c(=O)n2[C@H]1c1ccc(Cl)cc1. The molecule has 202 valence electrons. The Kier molecular flexibility index (Phi) is 7.95. The molecule has 0 saturated carbocycles. The number of carboxylic acids is 1. The van der Waals surface area contributed by atoms with Crippen molar-refractivity contribution in [1.82, 2.24) is 4.57 Å². The van der Waals surface area contributed by atoms with Crippen LogP contribution in [0.3, 0.4) is 0 Å². The fourth-order valence-electron chi connectivity index (χ4n) is 4.36. The summed E-state index contributed by atoms with van der Waals surface area (Å²) in [4.78, 5) is 43.3. The lowest BCUT2D eigenvalue weighted by Crippen LogP contribution is -2.40. The molecule has 0 aliphatic carbocycles. The fourth-order valence-corrected chi connectivity index (χ4v) is 5.48. The van der Waals surface area contributed by atoms with E-state index in [1.54, 1.807) is 61.5 Å². The van der Waals surface area contributed by atoms with Crippen molar-refractivity contribution >= 4 is 46.6 Å². The lowest BCUT2D eigenvalue weighted by Gasteiger charge is -2.25. The van der Waals surface area contributed by atoms with E-state index in [1.165, 1.54) is 15.9 Å². The summed E-state index contributed by atoms with van der Waals surface area (Å²) in [5.74, 6) is -1.23. The van der Waals surface area contributed by atoms with Crippen molar-refractivity contribution in [1.29, 1.82) is 0 Å². The number of ether oxygens (including phenoxy) is 2. The minimum atomic E-state index is -1.07. The summed E-state index contributed by atoms with van der Waals surface area (Å²) in [6, 6.07) is 22.2. The predicted molar refractivity (Wildman–Crippen MR) is 152 cm³/mol. The predicted octanol–water partition coefficient (Wildman–Crippen LogP) is 4.05. The number of fused-ring (bicyclic) bond motifs is 1. The molecule has 1 aliphatic rings. The number of carboxylic acid groups (broad SMARTS) is 1. The van der Waals surface area contributed by atoms with E-state index >= 15 is 0 Å². The van der Waals surface area contributed by atoms with Gasteiger partial charge in [-0.25, -0.2) is 14.6 Å². The number of carbonyl (C=O) groups excluding carboxylic acids is 1. The molecule has 40 heavy (non-hydrogen) atoms. The standard InChI is InChI=1S/C30H23ClN2O6S/c1-2-38-29(37)25-26(19-6-4-3-5-7-19)32-30-33(27(25)20-10-12-21(31)13-11-20)28(36)23(40-30)16-18-8-14-22(15-9-18)39-17-24(34)35/h3-16,27H,2,17H2,1H3,(H,34,35)/t27-/m0/s1. The first-order valence-electron chi connectivity index (χ1n) is 12.3. The number of benzene rings is 3. The maximum absolute atomic E-state index is 13.9. The molecule has 2 heterocycles. The van der Waals surface area contributed by atoms with E-state index in [1.807, 2.05) is 30.3 Å². The number of esters is 1. The van der Waals surface area contributed by atoms with E-state index < -0.39 is 24.6 Å². The summed E-state index contributed by atoms with van der Waals surface area (Å²) in [7, 11) is 0. The van der Waals surface area contributed by atoms with Crippen LogP contribution in [0.25, 0.3) is 11.8 Å². The number of thiazole rings is 1. The van der Waals surface area contributed by atoms with Gasteiger partial charge in [0.25, 0.3) is 5.56 Å². The third kappa shape index (κ3) is 5.61. The first-order chi connectivity index (χ1) is 19.4. The molecular weight excluding hydrogens is 552 g/mol. The van der Waals surface area contributed by atoms with Gasteiger partial charge in [-0.05, 0) is 48.4 Å². The molecule has 0 amide bonds. The van der Waals surface area contributed by atoms with E-state index in [0.717, 1.165) is 5.56 Å². The summed E-state index contributed by atoms with van der Waals surface area (Å²) in [5.41, 5.74) is 2.50. The van der Waals surface area contributed by atoms with Crippen molar-refractivity contribution in [3.63, 3.8) is 0 Å². The van der Waals surface area contributed by atoms with Gasteiger partial charge < -0.3 is 14.6 Å². The smallest absolute Gasteiger partial charge is 0.341 e. The van der Waals surface area contributed by atoms with Gasteiger partial charge in [0.2, 0.25) is 0 Å². The maximum atomic E-state index is 13.9. The van der Waals surface area contributed by atoms with E-state index in [9.17, 15) is 14.4 Å². The largest absolute Gasteiger partial charge is 0.482 e. The van der Waals surface area contributed by atoms with Crippen molar-refractivity contribution in [2.45, 2.75) is 13.0 Å². The molecule has 1 atom stereocenters. The van der Waals surface area contributed by atoms with Crippen LogP contribution in [0.1, 0.15) is 29.7 Å². The van der Waals surface area contributed by atoms with Gasteiger partial charge in [-0.15, -0.1) is 0 Å². The highest BCUT2D eigenvalue weighted by Gasteiger charge is 2.35. The number of rotatable bonds is 8. The van der Waals surface area contributed by atoms with Crippen molar-refractivity contribution in [2.24, 2.45) is 4.99 Å². The Balaban J connectivity index is 1.70. The number of hydrogen-bond donors (Lipinski definition) is 1. The quantitative estimate of drug-likeness (QED) is 0.318. The number of halogens is 1. The summed E-state index contributed by atoms with van der Waals surface area (Å²) in [6.07, 6.45) is 1.72. The molecule has 8 nitrogen and oxygen atoms in total. The maximum Gasteiger partial charge on any atom is 0.341 e. The zero-order valence-corrected chi connectivity index (χ0v) is 22.8. The number of carbonyl (C=O) groups is 2. The Morgan fingerprint density at radius 1 is 1.05 bits per heavy atom. The van der Waals surface area contributed by atoms with Crippen LogP contribution in [-0.4, -0.2) is 34.8 Å². The van der Waals surface area contributed by atoms with Gasteiger partial charge in [0.15, 0.2) is 11.4 Å². The van der Waals surface area contributed by atoms with E-state index in [2.05, 4.69) is 0 Å². The summed E-state index contributed by atoms with van der Waals surface area (Å²) in [6.45, 7) is 1.44. The molecule has 3 aromatic carbocycles. The van der Waals surface area contributed by atoms with Crippen LogP contribution in [0.5, 0.6) is 5.75 Å². The van der Waals surface area contributed by atoms with Crippen LogP contribution in [0.4, 0.5) is 0 Å². The van der Waals surface area contributed by atoms with Crippen LogP contribution >= 0.6 is 22.9 Å². The molecular formula is C30H23ClN2O6S. The Morgan fingerprint density at radius 2 is 1.75 bits per heavy atom.